The molecule has 30 heavy (non-hydrogen) atoms. The molecular weight excluding hydrogens is 448 g/mol. The van der Waals surface area contributed by atoms with Crippen LogP contribution in [0.4, 0.5) is 0 Å². The fourth-order valence-electron chi connectivity index (χ4n) is 2.70. The Hall–Kier alpha value is -2.27. The van der Waals surface area contributed by atoms with E-state index in [0.717, 1.165) is 15.6 Å². The Morgan fingerprint density at radius 3 is 2.57 bits per heavy atom. The van der Waals surface area contributed by atoms with Crippen molar-refractivity contribution in [3.05, 3.63) is 52.7 Å². The molecule has 0 radical (unpaired) electrons. The van der Waals surface area contributed by atoms with E-state index in [4.69, 9.17) is 16.0 Å². The van der Waals surface area contributed by atoms with Gasteiger partial charge in [0.1, 0.15) is 4.21 Å². The summed E-state index contributed by atoms with van der Waals surface area (Å²) >= 11 is 7.27. The van der Waals surface area contributed by atoms with Crippen molar-refractivity contribution in [1.82, 2.24) is 19.4 Å². The molecule has 8 nitrogen and oxygen atoms in total. The topological polar surface area (TPSA) is 96.6 Å². The molecule has 1 amide bonds. The molecule has 0 fully saturated rings. The standard InChI is InChI=1S/C19H21ClN4O4S2/c1-13(2)24(17(25)12-23(3)30(26,27)18-9-6-10-29-18)11-16-21-22-19(28-16)14-7-4-5-8-15(14)20/h4-10,13H,11-12H2,1-3H3. The second-order valence-corrected chi connectivity index (χ2v) is 10.4. The third-order valence-electron chi connectivity index (χ3n) is 4.34. The van der Waals surface area contributed by atoms with Gasteiger partial charge >= 0.3 is 0 Å². The number of amides is 1. The van der Waals surface area contributed by atoms with Crippen LogP contribution < -0.4 is 0 Å². The van der Waals surface area contributed by atoms with Gasteiger partial charge in [-0.1, -0.05) is 29.8 Å². The highest BCUT2D eigenvalue weighted by Crippen LogP contribution is 2.26. The number of likely N-dealkylation sites (N-methyl/N-ethyl adjacent to an activating group) is 1. The fraction of sp³-hybridized carbons (Fsp3) is 0.316. The summed E-state index contributed by atoms with van der Waals surface area (Å²) in [6.45, 7) is 3.42. The molecule has 0 saturated heterocycles. The number of thiophene rings is 1. The molecule has 0 saturated carbocycles. The first-order valence-electron chi connectivity index (χ1n) is 9.06. The normalized spacial score (nSPS) is 11.9. The molecule has 2 heterocycles. The molecule has 11 heteroatoms. The van der Waals surface area contributed by atoms with Crippen LogP contribution in [0, 0.1) is 0 Å². The predicted molar refractivity (Wildman–Crippen MR) is 115 cm³/mol. The van der Waals surface area contributed by atoms with E-state index in [1.54, 1.807) is 35.7 Å². The molecule has 1 aromatic carbocycles. The number of halogens is 1. The lowest BCUT2D eigenvalue weighted by molar-refractivity contribution is -0.133. The highest BCUT2D eigenvalue weighted by molar-refractivity contribution is 7.91. The number of carbonyl (C=O) groups is 1. The van der Waals surface area contributed by atoms with Crippen LogP contribution in [0.25, 0.3) is 11.5 Å². The van der Waals surface area contributed by atoms with Crippen molar-refractivity contribution in [3.8, 4) is 11.5 Å². The first-order valence-corrected chi connectivity index (χ1v) is 11.8. The molecule has 0 spiro atoms. The minimum absolute atomic E-state index is 0.0564. The number of sulfonamides is 1. The summed E-state index contributed by atoms with van der Waals surface area (Å²) in [4.78, 5) is 14.3. The van der Waals surface area contributed by atoms with Crippen LogP contribution in [0.2, 0.25) is 5.02 Å². The van der Waals surface area contributed by atoms with Crippen molar-refractivity contribution < 1.29 is 17.6 Å². The molecule has 0 N–H and O–H groups in total. The number of benzene rings is 1. The predicted octanol–water partition coefficient (Wildman–Crippen LogP) is 3.51. The second kappa shape index (κ2) is 9.25. The molecule has 3 rings (SSSR count). The first-order chi connectivity index (χ1) is 14.2. The van der Waals surface area contributed by atoms with Crippen molar-refractivity contribution >= 4 is 38.9 Å². The van der Waals surface area contributed by atoms with E-state index in [1.807, 2.05) is 13.8 Å². The smallest absolute Gasteiger partial charge is 0.252 e. The monoisotopic (exact) mass is 468 g/mol. The van der Waals surface area contributed by atoms with Gasteiger partial charge in [-0.05, 0) is 37.4 Å². The minimum atomic E-state index is -3.72. The van der Waals surface area contributed by atoms with Crippen LogP contribution in [0.3, 0.4) is 0 Å². The molecule has 0 aliphatic heterocycles. The largest absolute Gasteiger partial charge is 0.419 e. The van der Waals surface area contributed by atoms with Crippen LogP contribution in [-0.4, -0.2) is 53.4 Å². The summed E-state index contributed by atoms with van der Waals surface area (Å²) in [6.07, 6.45) is 0. The van der Waals surface area contributed by atoms with E-state index in [0.29, 0.717) is 10.6 Å². The Balaban J connectivity index is 1.73. The Morgan fingerprint density at radius 2 is 1.93 bits per heavy atom. The number of nitrogens with zero attached hydrogens (tertiary/aromatic N) is 4. The molecule has 0 aliphatic carbocycles. The molecular formula is C19H21ClN4O4S2. The minimum Gasteiger partial charge on any atom is -0.419 e. The highest BCUT2D eigenvalue weighted by Gasteiger charge is 2.28. The molecule has 2 aromatic heterocycles. The lowest BCUT2D eigenvalue weighted by Crippen LogP contribution is -2.43. The van der Waals surface area contributed by atoms with Gasteiger partial charge < -0.3 is 9.32 Å². The van der Waals surface area contributed by atoms with E-state index in [-0.39, 0.29) is 41.0 Å². The maximum atomic E-state index is 12.9. The van der Waals surface area contributed by atoms with Gasteiger partial charge in [-0.15, -0.1) is 21.5 Å². The summed E-state index contributed by atoms with van der Waals surface area (Å²) in [5.74, 6) is 0.116. The van der Waals surface area contributed by atoms with E-state index in [2.05, 4.69) is 10.2 Å². The lowest BCUT2D eigenvalue weighted by atomic mass is 10.2. The zero-order valence-corrected chi connectivity index (χ0v) is 19.0. The van der Waals surface area contributed by atoms with Gasteiger partial charge in [0.15, 0.2) is 0 Å². The van der Waals surface area contributed by atoms with Crippen LogP contribution in [0.1, 0.15) is 19.7 Å². The first kappa shape index (κ1) is 22.4. The number of hydrogen-bond donors (Lipinski definition) is 0. The van der Waals surface area contributed by atoms with Crippen LogP contribution in [-0.2, 0) is 21.4 Å². The molecule has 3 aromatic rings. The number of rotatable bonds is 8. The molecule has 160 valence electrons. The third-order valence-corrected chi connectivity index (χ3v) is 7.84. The molecule has 0 aliphatic rings. The zero-order chi connectivity index (χ0) is 21.9. The fourth-order valence-corrected chi connectivity index (χ4v) is 5.23. The van der Waals surface area contributed by atoms with Gasteiger partial charge in [-0.3, -0.25) is 4.79 Å². The molecule has 0 bridgehead atoms. The van der Waals surface area contributed by atoms with Gasteiger partial charge in [0.05, 0.1) is 23.7 Å². The van der Waals surface area contributed by atoms with Gasteiger partial charge in [-0.2, -0.15) is 4.31 Å². The van der Waals surface area contributed by atoms with Gasteiger partial charge in [0.25, 0.3) is 10.0 Å². The van der Waals surface area contributed by atoms with E-state index in [9.17, 15) is 13.2 Å². The summed E-state index contributed by atoms with van der Waals surface area (Å²) in [5, 5.41) is 10.2. The number of hydrogen-bond acceptors (Lipinski definition) is 7. The summed E-state index contributed by atoms with van der Waals surface area (Å²) < 4.78 is 32.1. The van der Waals surface area contributed by atoms with E-state index >= 15 is 0 Å². The maximum absolute atomic E-state index is 12.9. The molecule has 0 atom stereocenters. The summed E-state index contributed by atoms with van der Waals surface area (Å²) in [6, 6.07) is 10.0. The van der Waals surface area contributed by atoms with Crippen LogP contribution in [0.5, 0.6) is 0 Å². The maximum Gasteiger partial charge on any atom is 0.252 e. The summed E-state index contributed by atoms with van der Waals surface area (Å²) in [7, 11) is -2.34. The van der Waals surface area contributed by atoms with Crippen LogP contribution in [0.15, 0.2) is 50.4 Å². The second-order valence-electron chi connectivity index (χ2n) is 6.79. The quantitative estimate of drug-likeness (QED) is 0.502. The Morgan fingerprint density at radius 1 is 1.20 bits per heavy atom. The van der Waals surface area contributed by atoms with Crippen molar-refractivity contribution in [2.45, 2.75) is 30.6 Å². The Bertz CT molecular complexity index is 1110. The SMILES string of the molecule is CC(C)N(Cc1nnc(-c2ccccc2Cl)o1)C(=O)CN(C)S(=O)(=O)c1cccs1. The highest BCUT2D eigenvalue weighted by atomic mass is 35.5. The lowest BCUT2D eigenvalue weighted by Gasteiger charge is -2.27. The van der Waals surface area contributed by atoms with Gasteiger partial charge in [0.2, 0.25) is 17.7 Å². The van der Waals surface area contributed by atoms with Crippen molar-refractivity contribution in [2.24, 2.45) is 0 Å². The van der Waals surface area contributed by atoms with Crippen molar-refractivity contribution in [3.63, 3.8) is 0 Å². The Labute approximate surface area is 184 Å². The van der Waals surface area contributed by atoms with Gasteiger partial charge in [-0.25, -0.2) is 8.42 Å². The average molecular weight is 469 g/mol. The van der Waals surface area contributed by atoms with Crippen LogP contribution >= 0.6 is 22.9 Å². The van der Waals surface area contributed by atoms with Crippen molar-refractivity contribution in [1.29, 1.82) is 0 Å². The number of aromatic nitrogens is 2. The average Bonchev–Trinajstić information content (AvgIpc) is 3.38. The van der Waals surface area contributed by atoms with Crippen molar-refractivity contribution in [2.75, 3.05) is 13.6 Å². The number of carbonyl (C=O) groups excluding carboxylic acids is 1. The zero-order valence-electron chi connectivity index (χ0n) is 16.6. The Kier molecular flexibility index (Phi) is 6.91. The van der Waals surface area contributed by atoms with E-state index < -0.39 is 10.0 Å². The summed E-state index contributed by atoms with van der Waals surface area (Å²) in [5.41, 5.74) is 0.599. The third kappa shape index (κ3) is 4.89. The van der Waals surface area contributed by atoms with E-state index in [1.165, 1.54) is 18.0 Å². The van der Waals surface area contributed by atoms with Gasteiger partial charge in [0, 0.05) is 13.1 Å². The molecule has 0 unspecified atom stereocenters.